The predicted octanol–water partition coefficient (Wildman–Crippen LogP) is 13.6. The Morgan fingerprint density at radius 1 is 0.567 bits per heavy atom. The number of aryl methyl sites for hydroxylation is 2. The molecule has 0 saturated carbocycles. The summed E-state index contributed by atoms with van der Waals surface area (Å²) >= 11 is 0. The maximum Gasteiger partial charge on any atom is 0.252 e. The maximum atomic E-state index is 6.72. The van der Waals surface area contributed by atoms with Gasteiger partial charge in [-0.15, -0.1) is 0 Å². The van der Waals surface area contributed by atoms with E-state index in [0.29, 0.717) is 0 Å². The molecular weight excluding hydrogens is 727 g/mol. The van der Waals surface area contributed by atoms with Gasteiger partial charge >= 0.3 is 0 Å². The summed E-state index contributed by atoms with van der Waals surface area (Å²) in [5, 5.41) is 2.31. The number of rotatable bonds is 3. The summed E-state index contributed by atoms with van der Waals surface area (Å²) in [5.74, 6) is 0. The van der Waals surface area contributed by atoms with Crippen molar-refractivity contribution in [3.63, 3.8) is 0 Å². The van der Waals surface area contributed by atoms with Gasteiger partial charge in [0.05, 0.1) is 16.8 Å². The van der Waals surface area contributed by atoms with Gasteiger partial charge in [-0.1, -0.05) is 139 Å². The lowest BCUT2D eigenvalue weighted by molar-refractivity contribution is 0.332. The zero-order chi connectivity index (χ0) is 41.5. The molecule has 0 spiro atoms. The van der Waals surface area contributed by atoms with Crippen molar-refractivity contribution in [1.82, 2.24) is 0 Å². The Kier molecular flexibility index (Phi) is 7.87. The standard InChI is InChI=1S/C56H53BN2O/c1-34-29-47-52-48(30-34)59(45-21-15-13-19-38(45)36-17-11-10-12-18-36)53-42(24-26-50-51(53)39-20-14-16-22-49(39)60-50)57(52)43-32-40-41(56(8,9)28-27-55(40,6)7)33-46(43)58(47)44-25-23-37(31-35(44)2)54(3,4)5/h10-26,29-33H,27-28H2,1-9H3. The molecule has 60 heavy (non-hydrogen) atoms. The largest absolute Gasteiger partial charge is 0.456 e. The molecule has 1 aliphatic carbocycles. The van der Waals surface area contributed by atoms with Gasteiger partial charge in [0, 0.05) is 33.7 Å². The van der Waals surface area contributed by atoms with Crippen LogP contribution in [0.5, 0.6) is 0 Å². The summed E-state index contributed by atoms with van der Waals surface area (Å²) in [6.45, 7) is 21.4. The molecule has 3 aliphatic rings. The Balaban J connectivity index is 1.30. The van der Waals surface area contributed by atoms with Crippen LogP contribution in [-0.4, -0.2) is 6.71 Å². The molecule has 0 amide bonds. The second-order valence-corrected chi connectivity index (χ2v) is 20.2. The summed E-state index contributed by atoms with van der Waals surface area (Å²) in [5.41, 5.74) is 22.6. The lowest BCUT2D eigenvalue weighted by atomic mass is 9.33. The second-order valence-electron chi connectivity index (χ2n) is 20.2. The Hall–Kier alpha value is -6.00. The zero-order valence-corrected chi connectivity index (χ0v) is 36.5. The van der Waals surface area contributed by atoms with E-state index in [9.17, 15) is 0 Å². The highest BCUT2D eigenvalue weighted by molar-refractivity contribution is 7.00. The van der Waals surface area contributed by atoms with Gasteiger partial charge in [-0.2, -0.15) is 0 Å². The Morgan fingerprint density at radius 3 is 1.97 bits per heavy atom. The smallest absolute Gasteiger partial charge is 0.252 e. The summed E-state index contributed by atoms with van der Waals surface area (Å²) in [4.78, 5) is 5.23. The fraction of sp³-hybridized carbons (Fsp3) is 0.250. The predicted molar refractivity (Wildman–Crippen MR) is 257 cm³/mol. The van der Waals surface area contributed by atoms with Gasteiger partial charge in [-0.05, 0) is 135 Å². The molecule has 0 radical (unpaired) electrons. The Bertz CT molecular complexity index is 3070. The molecule has 2 aliphatic heterocycles. The molecule has 296 valence electrons. The SMILES string of the molecule is Cc1cc2c3c(c1)N(c1ccccc1-c1ccccc1)c1c(ccc4oc5ccccc5c14)B3c1cc3c(cc1N2c1ccc(C(C)(C)C)cc1C)C(C)(C)CCC3(C)C. The number of furan rings is 1. The molecule has 4 heteroatoms. The van der Waals surface area contributed by atoms with Crippen molar-refractivity contribution >= 4 is 79.2 Å². The second kappa shape index (κ2) is 12.8. The molecule has 3 heterocycles. The van der Waals surface area contributed by atoms with Crippen molar-refractivity contribution in [2.24, 2.45) is 0 Å². The van der Waals surface area contributed by atoms with Gasteiger partial charge in [0.15, 0.2) is 0 Å². The van der Waals surface area contributed by atoms with Crippen LogP contribution in [0.2, 0.25) is 0 Å². The molecule has 8 aromatic rings. The van der Waals surface area contributed by atoms with Crippen LogP contribution in [0.3, 0.4) is 0 Å². The third-order valence-electron chi connectivity index (χ3n) is 14.2. The molecule has 0 unspecified atom stereocenters. The van der Waals surface area contributed by atoms with Crippen molar-refractivity contribution in [2.75, 3.05) is 9.80 Å². The summed E-state index contributed by atoms with van der Waals surface area (Å²) < 4.78 is 6.72. The van der Waals surface area contributed by atoms with E-state index in [0.717, 1.165) is 34.0 Å². The third-order valence-corrected chi connectivity index (χ3v) is 14.2. The van der Waals surface area contributed by atoms with Crippen LogP contribution >= 0.6 is 0 Å². The van der Waals surface area contributed by atoms with Gasteiger partial charge in [-0.3, -0.25) is 0 Å². The van der Waals surface area contributed by atoms with Crippen LogP contribution in [0.1, 0.15) is 89.1 Å². The molecule has 0 fully saturated rings. The van der Waals surface area contributed by atoms with Gasteiger partial charge in [0.1, 0.15) is 11.2 Å². The van der Waals surface area contributed by atoms with Crippen LogP contribution < -0.4 is 26.2 Å². The third kappa shape index (κ3) is 5.35. The fourth-order valence-corrected chi connectivity index (χ4v) is 10.9. The van der Waals surface area contributed by atoms with E-state index in [4.69, 9.17) is 4.42 Å². The summed E-state index contributed by atoms with van der Waals surface area (Å²) in [6.07, 6.45) is 2.33. The first kappa shape index (κ1) is 37.0. The van der Waals surface area contributed by atoms with Gasteiger partial charge < -0.3 is 14.2 Å². The van der Waals surface area contributed by atoms with Gasteiger partial charge in [0.2, 0.25) is 0 Å². The molecule has 0 N–H and O–H groups in total. The lowest BCUT2D eigenvalue weighted by Gasteiger charge is -2.48. The number of fused-ring (bicyclic) bond motifs is 9. The topological polar surface area (TPSA) is 19.6 Å². The summed E-state index contributed by atoms with van der Waals surface area (Å²) in [6, 6.07) is 50.4. The zero-order valence-electron chi connectivity index (χ0n) is 36.5. The molecular formula is C56H53BN2O. The van der Waals surface area contributed by atoms with E-state index in [1.54, 1.807) is 0 Å². The van der Waals surface area contributed by atoms with E-state index in [1.165, 1.54) is 90.2 Å². The minimum Gasteiger partial charge on any atom is -0.456 e. The van der Waals surface area contributed by atoms with Crippen LogP contribution in [0, 0.1) is 13.8 Å². The summed E-state index contributed by atoms with van der Waals surface area (Å²) in [7, 11) is 0. The highest BCUT2D eigenvalue weighted by atomic mass is 16.3. The lowest BCUT2D eigenvalue weighted by Crippen LogP contribution is -2.62. The highest BCUT2D eigenvalue weighted by Crippen LogP contribution is 2.53. The van der Waals surface area contributed by atoms with E-state index in [1.807, 2.05) is 0 Å². The first-order chi connectivity index (χ1) is 28.7. The van der Waals surface area contributed by atoms with Crippen molar-refractivity contribution < 1.29 is 4.42 Å². The normalized spacial score (nSPS) is 16.1. The number of benzene rings is 7. The monoisotopic (exact) mass is 780 g/mol. The number of nitrogens with zero attached hydrogens (tertiary/aromatic N) is 2. The van der Waals surface area contributed by atoms with Crippen molar-refractivity contribution in [3.8, 4) is 11.1 Å². The van der Waals surface area contributed by atoms with Crippen LogP contribution in [0.15, 0.2) is 138 Å². The van der Waals surface area contributed by atoms with Gasteiger partial charge in [0.25, 0.3) is 6.71 Å². The van der Waals surface area contributed by atoms with E-state index in [-0.39, 0.29) is 23.0 Å². The highest BCUT2D eigenvalue weighted by Gasteiger charge is 2.47. The molecule has 1 aromatic heterocycles. The molecule has 0 bridgehead atoms. The maximum absolute atomic E-state index is 6.72. The molecule has 7 aromatic carbocycles. The minimum atomic E-state index is -0.00431. The minimum absolute atomic E-state index is 0.00431. The first-order valence-electron chi connectivity index (χ1n) is 21.8. The quantitative estimate of drug-likeness (QED) is 0.167. The molecule has 0 atom stereocenters. The Morgan fingerprint density at radius 2 is 1.23 bits per heavy atom. The Labute approximate surface area is 355 Å². The fourth-order valence-electron chi connectivity index (χ4n) is 10.9. The number of anilines is 6. The van der Waals surface area contributed by atoms with Crippen molar-refractivity contribution in [2.45, 2.75) is 91.4 Å². The van der Waals surface area contributed by atoms with Crippen LogP contribution in [0.25, 0.3) is 33.1 Å². The van der Waals surface area contributed by atoms with E-state index in [2.05, 4.69) is 206 Å². The first-order valence-corrected chi connectivity index (χ1v) is 21.8. The van der Waals surface area contributed by atoms with Crippen LogP contribution in [0.4, 0.5) is 34.1 Å². The van der Waals surface area contributed by atoms with Gasteiger partial charge in [-0.25, -0.2) is 0 Å². The molecule has 3 nitrogen and oxygen atoms in total. The average molecular weight is 781 g/mol. The van der Waals surface area contributed by atoms with Crippen molar-refractivity contribution in [3.05, 3.63) is 161 Å². The van der Waals surface area contributed by atoms with Crippen molar-refractivity contribution in [1.29, 1.82) is 0 Å². The van der Waals surface area contributed by atoms with Crippen LogP contribution in [-0.2, 0) is 16.2 Å². The number of hydrogen-bond donors (Lipinski definition) is 0. The average Bonchev–Trinajstić information content (AvgIpc) is 3.61. The number of para-hydroxylation sites is 2. The number of hydrogen-bond acceptors (Lipinski definition) is 3. The molecule has 0 saturated heterocycles. The van der Waals surface area contributed by atoms with E-state index < -0.39 is 0 Å². The van der Waals surface area contributed by atoms with E-state index >= 15 is 0 Å². The molecule has 11 rings (SSSR count).